The van der Waals surface area contributed by atoms with E-state index in [1.165, 1.54) is 0 Å². The van der Waals surface area contributed by atoms with Crippen molar-refractivity contribution in [2.75, 3.05) is 69.8 Å². The number of ether oxygens (including phenoxy) is 1. The fourth-order valence-electron chi connectivity index (χ4n) is 4.56. The van der Waals surface area contributed by atoms with Crippen molar-refractivity contribution < 1.29 is 9.53 Å². The predicted octanol–water partition coefficient (Wildman–Crippen LogP) is 2.59. The number of aliphatic imine (C=N–C) groups is 1. The van der Waals surface area contributed by atoms with E-state index in [2.05, 4.69) is 31.6 Å². The first-order valence-electron chi connectivity index (χ1n) is 13.1. The molecule has 0 saturated carbocycles. The molecule has 38 heavy (non-hydrogen) atoms. The van der Waals surface area contributed by atoms with Gasteiger partial charge in [0.05, 0.1) is 18.9 Å². The van der Waals surface area contributed by atoms with E-state index in [1.54, 1.807) is 6.21 Å². The van der Waals surface area contributed by atoms with Crippen LogP contribution in [0.3, 0.4) is 0 Å². The lowest BCUT2D eigenvalue weighted by molar-refractivity contribution is 0.0952. The topological polar surface area (TPSA) is 112 Å². The molecule has 10 nitrogen and oxygen atoms in total. The molecular formula is C28H38N8O2. The molecule has 3 N–H and O–H groups in total. The van der Waals surface area contributed by atoms with Gasteiger partial charge in [-0.3, -0.25) is 4.79 Å². The first-order valence-corrected chi connectivity index (χ1v) is 13.1. The fraction of sp³-hybridized carbons (Fsp3) is 0.429. The number of rotatable bonds is 10. The molecule has 2 aliphatic rings. The summed E-state index contributed by atoms with van der Waals surface area (Å²) in [6.45, 7) is 10.7. The molecule has 1 fully saturated rings. The van der Waals surface area contributed by atoms with Gasteiger partial charge in [-0.15, -0.1) is 0 Å². The highest BCUT2D eigenvalue weighted by molar-refractivity contribution is 6.10. The number of hydrogen-bond acceptors (Lipinski definition) is 9. The van der Waals surface area contributed by atoms with Gasteiger partial charge in [0.1, 0.15) is 11.6 Å². The largest absolute Gasteiger partial charge is 0.384 e. The summed E-state index contributed by atoms with van der Waals surface area (Å²) in [6, 6.07) is 7.71. The fourth-order valence-corrected chi connectivity index (χ4v) is 4.56. The highest BCUT2D eigenvalue weighted by Crippen LogP contribution is 2.37. The van der Waals surface area contributed by atoms with Crippen molar-refractivity contribution >= 4 is 35.1 Å². The summed E-state index contributed by atoms with van der Waals surface area (Å²) in [4.78, 5) is 33.3. The van der Waals surface area contributed by atoms with Gasteiger partial charge in [0.15, 0.2) is 0 Å². The highest BCUT2D eigenvalue weighted by Gasteiger charge is 2.29. The number of anilines is 3. The smallest absolute Gasteiger partial charge is 0.251 e. The Labute approximate surface area is 224 Å². The number of amides is 1. The van der Waals surface area contributed by atoms with Gasteiger partial charge in [0, 0.05) is 54.8 Å². The zero-order valence-corrected chi connectivity index (χ0v) is 22.6. The maximum Gasteiger partial charge on any atom is 0.251 e. The van der Waals surface area contributed by atoms with Crippen LogP contribution in [0.4, 0.5) is 17.5 Å². The van der Waals surface area contributed by atoms with E-state index in [4.69, 9.17) is 20.4 Å². The lowest BCUT2D eigenvalue weighted by atomic mass is 10.1. The van der Waals surface area contributed by atoms with Crippen molar-refractivity contribution in [2.24, 2.45) is 10.7 Å². The van der Waals surface area contributed by atoms with Gasteiger partial charge in [-0.2, -0.15) is 4.98 Å². The van der Waals surface area contributed by atoms with Crippen LogP contribution in [-0.2, 0) is 11.2 Å². The first-order chi connectivity index (χ1) is 18.4. The molecule has 2 aromatic rings. The van der Waals surface area contributed by atoms with E-state index >= 15 is 0 Å². The van der Waals surface area contributed by atoms with Crippen LogP contribution in [0, 0.1) is 0 Å². The number of benzene rings is 1. The minimum Gasteiger partial charge on any atom is -0.384 e. The van der Waals surface area contributed by atoms with Gasteiger partial charge in [0.25, 0.3) is 5.91 Å². The van der Waals surface area contributed by atoms with E-state index in [0.717, 1.165) is 67.4 Å². The van der Waals surface area contributed by atoms with E-state index in [1.807, 2.05) is 51.4 Å². The number of nitrogens with two attached hydrogens (primary N) is 1. The third-order valence-electron chi connectivity index (χ3n) is 6.57. The number of carbonyl (C=O) groups excluding carboxylic acids is 1. The second kappa shape index (κ2) is 12.7. The lowest BCUT2D eigenvalue weighted by Gasteiger charge is -2.28. The molecule has 10 heteroatoms. The SMILES string of the molecule is C=C(N)N=C/C(=C\C)c1nc(N2CCOCC2)nc2c1CCN2c1ccc(C(=O)NCCCN(C)C)cc1. The molecule has 0 radical (unpaired) electrons. The lowest BCUT2D eigenvalue weighted by Crippen LogP contribution is -2.37. The number of aromatic nitrogens is 2. The monoisotopic (exact) mass is 518 g/mol. The second-order valence-electron chi connectivity index (χ2n) is 9.63. The average molecular weight is 519 g/mol. The van der Waals surface area contributed by atoms with Crippen LogP contribution in [0.25, 0.3) is 5.57 Å². The summed E-state index contributed by atoms with van der Waals surface area (Å²) in [5, 5.41) is 3.00. The maximum atomic E-state index is 12.6. The van der Waals surface area contributed by atoms with Crippen LogP contribution < -0.4 is 20.9 Å². The number of morpholine rings is 1. The van der Waals surface area contributed by atoms with Gasteiger partial charge in [0.2, 0.25) is 5.95 Å². The Morgan fingerprint density at radius 1 is 1.21 bits per heavy atom. The van der Waals surface area contributed by atoms with Gasteiger partial charge in [-0.1, -0.05) is 12.7 Å². The molecule has 4 rings (SSSR count). The maximum absolute atomic E-state index is 12.6. The van der Waals surface area contributed by atoms with E-state index in [9.17, 15) is 4.79 Å². The minimum atomic E-state index is -0.0603. The van der Waals surface area contributed by atoms with Crippen LogP contribution in [0.2, 0.25) is 0 Å². The number of allylic oxidation sites excluding steroid dienone is 2. The highest BCUT2D eigenvalue weighted by atomic mass is 16.5. The summed E-state index contributed by atoms with van der Waals surface area (Å²) in [7, 11) is 4.05. The normalized spacial score (nSPS) is 15.8. The Morgan fingerprint density at radius 3 is 2.61 bits per heavy atom. The predicted molar refractivity (Wildman–Crippen MR) is 153 cm³/mol. The molecular weight excluding hydrogens is 480 g/mol. The van der Waals surface area contributed by atoms with Gasteiger partial charge < -0.3 is 30.5 Å². The molecule has 202 valence electrons. The Morgan fingerprint density at radius 2 is 1.95 bits per heavy atom. The van der Waals surface area contributed by atoms with E-state index in [0.29, 0.717) is 31.3 Å². The van der Waals surface area contributed by atoms with Crippen molar-refractivity contribution in [3.05, 3.63) is 59.6 Å². The minimum absolute atomic E-state index is 0.0603. The van der Waals surface area contributed by atoms with Gasteiger partial charge in [-0.05, 0) is 64.7 Å². The zero-order valence-electron chi connectivity index (χ0n) is 22.6. The number of nitrogens with zero attached hydrogens (tertiary/aromatic N) is 6. The molecule has 0 atom stereocenters. The van der Waals surface area contributed by atoms with Crippen molar-refractivity contribution in [2.45, 2.75) is 19.8 Å². The van der Waals surface area contributed by atoms with Crippen LogP contribution in [-0.4, -0.2) is 87.0 Å². The summed E-state index contributed by atoms with van der Waals surface area (Å²) >= 11 is 0. The third-order valence-corrected chi connectivity index (χ3v) is 6.57. The number of fused-ring (bicyclic) bond motifs is 1. The third kappa shape index (κ3) is 6.56. The summed E-state index contributed by atoms with van der Waals surface area (Å²) < 4.78 is 5.54. The van der Waals surface area contributed by atoms with Crippen LogP contribution in [0.1, 0.15) is 35.0 Å². The molecule has 1 aromatic carbocycles. The van der Waals surface area contributed by atoms with Crippen molar-refractivity contribution in [3.63, 3.8) is 0 Å². The van der Waals surface area contributed by atoms with Crippen molar-refractivity contribution in [1.29, 1.82) is 0 Å². The Kier molecular flexibility index (Phi) is 9.09. The molecule has 1 saturated heterocycles. The summed E-state index contributed by atoms with van der Waals surface area (Å²) in [5.41, 5.74) is 10.1. The molecule has 0 spiro atoms. The summed E-state index contributed by atoms with van der Waals surface area (Å²) in [5.74, 6) is 1.72. The first kappa shape index (κ1) is 27.3. The van der Waals surface area contributed by atoms with Crippen LogP contribution in [0.5, 0.6) is 0 Å². The number of carbonyl (C=O) groups is 1. The van der Waals surface area contributed by atoms with E-state index in [-0.39, 0.29) is 11.7 Å². The molecule has 1 amide bonds. The van der Waals surface area contributed by atoms with Gasteiger partial charge in [-0.25, -0.2) is 9.98 Å². The standard InChI is InChI=1S/C28H38N8O2/c1-5-21(19-31-20(2)29)25-24-11-14-36(26(24)33-28(32-25)35-15-17-38-18-16-35)23-9-7-22(8-10-23)27(37)30-12-6-13-34(3)4/h5,7-10,19H,2,6,11-18,29H2,1,3-4H3,(H,30,37)/b21-5+,31-19?. The van der Waals surface area contributed by atoms with Crippen LogP contribution >= 0.6 is 0 Å². The molecule has 3 heterocycles. The van der Waals surface area contributed by atoms with E-state index < -0.39 is 0 Å². The molecule has 0 unspecified atom stereocenters. The average Bonchev–Trinajstić information content (AvgIpc) is 3.35. The number of nitrogens with one attached hydrogen (secondary N) is 1. The zero-order chi connectivity index (χ0) is 27.1. The molecule has 1 aromatic heterocycles. The Hall–Kier alpha value is -3.76. The van der Waals surface area contributed by atoms with Gasteiger partial charge >= 0.3 is 0 Å². The molecule has 0 bridgehead atoms. The Bertz CT molecular complexity index is 1200. The molecule has 2 aliphatic heterocycles. The van der Waals surface area contributed by atoms with Crippen molar-refractivity contribution in [3.8, 4) is 0 Å². The van der Waals surface area contributed by atoms with Crippen LogP contribution in [0.15, 0.2) is 47.7 Å². The van der Waals surface area contributed by atoms with Crippen molar-refractivity contribution in [1.82, 2.24) is 20.2 Å². The number of hydrogen-bond donors (Lipinski definition) is 2. The summed E-state index contributed by atoms with van der Waals surface area (Å²) in [6.07, 6.45) is 5.39. The second-order valence-corrected chi connectivity index (χ2v) is 9.63. The quantitative estimate of drug-likeness (QED) is 0.365. The Balaban J connectivity index is 1.61. The molecule has 0 aliphatic carbocycles.